The highest BCUT2D eigenvalue weighted by molar-refractivity contribution is 4.93. The van der Waals surface area contributed by atoms with Crippen molar-refractivity contribution in [2.75, 3.05) is 33.9 Å². The molecule has 0 radical (unpaired) electrons. The van der Waals surface area contributed by atoms with Crippen LogP contribution in [0.15, 0.2) is 48.6 Å². The molecule has 0 spiro atoms. The van der Waals surface area contributed by atoms with Crippen LogP contribution in [0.4, 0.5) is 0 Å². The molecule has 0 bridgehead atoms. The van der Waals surface area contributed by atoms with Crippen molar-refractivity contribution in [3.8, 4) is 0 Å². The molecule has 0 aromatic heterocycles. The Labute approximate surface area is 283 Å². The molecule has 0 rings (SSSR count). The lowest BCUT2D eigenvalue weighted by Gasteiger charge is -2.19. The van der Waals surface area contributed by atoms with Crippen LogP contribution in [-0.2, 0) is 4.74 Å². The first-order chi connectivity index (χ1) is 22.2. The summed E-state index contributed by atoms with van der Waals surface area (Å²) in [5, 5.41) is 3.48. The first-order valence-electron chi connectivity index (χ1n) is 19.8. The van der Waals surface area contributed by atoms with Gasteiger partial charge in [-0.3, -0.25) is 5.32 Å². The normalized spacial score (nSPS) is 13.2. The Balaban J connectivity index is 3.88. The molecule has 0 heterocycles. The Bertz CT molecular complexity index is 618. The summed E-state index contributed by atoms with van der Waals surface area (Å²) in [7, 11) is 4.25. The zero-order valence-electron chi connectivity index (χ0n) is 31.1. The van der Waals surface area contributed by atoms with Crippen LogP contribution in [0.25, 0.3) is 0 Å². The van der Waals surface area contributed by atoms with E-state index in [-0.39, 0.29) is 0 Å². The van der Waals surface area contributed by atoms with Gasteiger partial charge in [0.25, 0.3) is 0 Å². The highest BCUT2D eigenvalue weighted by Gasteiger charge is 2.09. The third kappa shape index (κ3) is 38.9. The summed E-state index contributed by atoms with van der Waals surface area (Å²) in [6.45, 7) is 7.29. The number of hydrogen-bond donors (Lipinski definition) is 1. The molecule has 45 heavy (non-hydrogen) atoms. The van der Waals surface area contributed by atoms with Crippen LogP contribution in [0.3, 0.4) is 0 Å². The first-order valence-corrected chi connectivity index (χ1v) is 19.8. The number of unbranched alkanes of at least 4 members (excludes halogenated alkanes) is 18. The Morgan fingerprint density at radius 1 is 0.489 bits per heavy atom. The molecule has 0 amide bonds. The van der Waals surface area contributed by atoms with Crippen LogP contribution in [0, 0.1) is 0 Å². The number of rotatable bonds is 36. The third-order valence-electron chi connectivity index (χ3n) is 8.61. The van der Waals surface area contributed by atoms with E-state index in [9.17, 15) is 0 Å². The minimum atomic E-state index is 0.425. The van der Waals surface area contributed by atoms with Crippen LogP contribution in [0.2, 0.25) is 0 Å². The smallest absolute Gasteiger partial charge is 0.0969 e. The lowest BCUT2D eigenvalue weighted by Crippen LogP contribution is -2.30. The van der Waals surface area contributed by atoms with Crippen molar-refractivity contribution >= 4 is 0 Å². The van der Waals surface area contributed by atoms with Gasteiger partial charge in [-0.2, -0.15) is 0 Å². The minimum absolute atomic E-state index is 0.425. The maximum absolute atomic E-state index is 6.32. The van der Waals surface area contributed by atoms with Gasteiger partial charge in [0.15, 0.2) is 0 Å². The predicted molar refractivity (Wildman–Crippen MR) is 204 cm³/mol. The van der Waals surface area contributed by atoms with Gasteiger partial charge in [-0.05, 0) is 91.1 Å². The molecular formula is C42H80N2O. The lowest BCUT2D eigenvalue weighted by atomic mass is 10.0. The van der Waals surface area contributed by atoms with E-state index in [1.807, 2.05) is 0 Å². The van der Waals surface area contributed by atoms with Crippen LogP contribution in [0.5, 0.6) is 0 Å². The Hall–Kier alpha value is -1.16. The van der Waals surface area contributed by atoms with Crippen LogP contribution in [0.1, 0.15) is 181 Å². The Morgan fingerprint density at radius 3 is 1.27 bits per heavy atom. The largest absolute Gasteiger partial charge is 0.363 e. The molecule has 0 aliphatic rings. The number of nitrogens with zero attached hydrogens (tertiary/aromatic N) is 1. The van der Waals surface area contributed by atoms with E-state index < -0.39 is 0 Å². The van der Waals surface area contributed by atoms with Crippen LogP contribution >= 0.6 is 0 Å². The zero-order valence-corrected chi connectivity index (χ0v) is 31.1. The summed E-state index contributed by atoms with van der Waals surface area (Å²) in [5.41, 5.74) is 0. The second-order valence-electron chi connectivity index (χ2n) is 13.5. The van der Waals surface area contributed by atoms with Crippen molar-refractivity contribution in [1.82, 2.24) is 10.2 Å². The molecule has 0 fully saturated rings. The minimum Gasteiger partial charge on any atom is -0.363 e. The van der Waals surface area contributed by atoms with Gasteiger partial charge < -0.3 is 9.64 Å². The molecule has 0 saturated heterocycles. The van der Waals surface area contributed by atoms with Gasteiger partial charge in [-0.15, -0.1) is 0 Å². The van der Waals surface area contributed by atoms with Gasteiger partial charge in [-0.25, -0.2) is 0 Å². The molecule has 0 saturated carbocycles. The molecule has 0 atom stereocenters. The van der Waals surface area contributed by atoms with Gasteiger partial charge in [0, 0.05) is 13.1 Å². The molecule has 264 valence electrons. The van der Waals surface area contributed by atoms with Crippen molar-refractivity contribution in [3.05, 3.63) is 48.6 Å². The topological polar surface area (TPSA) is 24.5 Å². The van der Waals surface area contributed by atoms with E-state index in [1.54, 1.807) is 0 Å². The summed E-state index contributed by atoms with van der Waals surface area (Å²) < 4.78 is 6.32. The van der Waals surface area contributed by atoms with Crippen molar-refractivity contribution in [2.24, 2.45) is 0 Å². The van der Waals surface area contributed by atoms with E-state index in [2.05, 4.69) is 86.8 Å². The highest BCUT2D eigenvalue weighted by Crippen LogP contribution is 2.17. The fourth-order valence-electron chi connectivity index (χ4n) is 5.58. The quantitative estimate of drug-likeness (QED) is 0.0424. The average Bonchev–Trinajstić information content (AvgIpc) is 3.03. The molecule has 3 nitrogen and oxygen atoms in total. The first kappa shape index (κ1) is 43.8. The third-order valence-corrected chi connectivity index (χ3v) is 8.61. The molecule has 0 aliphatic carbocycles. The van der Waals surface area contributed by atoms with Gasteiger partial charge in [0.1, 0.15) is 0 Å². The number of ether oxygens (including phenoxy) is 1. The maximum Gasteiger partial charge on any atom is 0.0969 e. The second-order valence-corrected chi connectivity index (χ2v) is 13.5. The van der Waals surface area contributed by atoms with Crippen LogP contribution in [-0.4, -0.2) is 44.9 Å². The molecule has 0 aromatic rings. The van der Waals surface area contributed by atoms with E-state index in [0.717, 1.165) is 25.9 Å². The van der Waals surface area contributed by atoms with E-state index >= 15 is 0 Å². The number of allylic oxidation sites excluding steroid dienone is 8. The van der Waals surface area contributed by atoms with Crippen LogP contribution < -0.4 is 5.32 Å². The van der Waals surface area contributed by atoms with E-state index in [1.165, 1.54) is 154 Å². The number of nitrogens with one attached hydrogen (secondary N) is 1. The van der Waals surface area contributed by atoms with Gasteiger partial charge in [0.2, 0.25) is 0 Å². The molecule has 0 aliphatic heterocycles. The second kappa shape index (κ2) is 39.0. The average molecular weight is 629 g/mol. The lowest BCUT2D eigenvalue weighted by molar-refractivity contribution is 0.0261. The summed E-state index contributed by atoms with van der Waals surface area (Å²) in [6.07, 6.45) is 53.3. The van der Waals surface area contributed by atoms with E-state index in [4.69, 9.17) is 4.74 Å². The van der Waals surface area contributed by atoms with Gasteiger partial charge >= 0.3 is 0 Å². The Morgan fingerprint density at radius 2 is 0.867 bits per heavy atom. The maximum atomic E-state index is 6.32. The van der Waals surface area contributed by atoms with Crippen molar-refractivity contribution in [1.29, 1.82) is 0 Å². The molecular weight excluding hydrogens is 548 g/mol. The monoisotopic (exact) mass is 629 g/mol. The SMILES string of the molecule is CCCCCC=CCC=CCCCCCCCCC(CCCCCCCCC=CCC=CCCCCC)OCNCCN(C)C. The summed E-state index contributed by atoms with van der Waals surface area (Å²) in [6, 6.07) is 0. The standard InChI is InChI=1S/C42H80N2O/c1-5-7-9-11-13-15-17-19-21-23-25-27-29-31-33-35-37-42(45-41-43-39-40-44(3)4)38-36-34-32-30-28-26-24-22-20-18-16-14-12-10-8-6-2/h13-16,19-22,42-43H,5-12,17-18,23-41H2,1-4H3. The predicted octanol–water partition coefficient (Wildman–Crippen LogP) is 12.9. The van der Waals surface area contributed by atoms with Gasteiger partial charge in [-0.1, -0.05) is 152 Å². The van der Waals surface area contributed by atoms with Crippen molar-refractivity contribution in [3.63, 3.8) is 0 Å². The fraction of sp³-hybridized carbons (Fsp3) is 0.810. The number of likely N-dealkylation sites (N-methyl/N-ethyl adjacent to an activating group) is 1. The number of hydrogen-bond acceptors (Lipinski definition) is 3. The van der Waals surface area contributed by atoms with Crippen molar-refractivity contribution < 1.29 is 4.74 Å². The molecule has 0 unspecified atom stereocenters. The highest BCUT2D eigenvalue weighted by atomic mass is 16.5. The fourth-order valence-corrected chi connectivity index (χ4v) is 5.58. The summed E-state index contributed by atoms with van der Waals surface area (Å²) in [5.74, 6) is 0. The van der Waals surface area contributed by atoms with Crippen molar-refractivity contribution in [2.45, 2.75) is 187 Å². The zero-order chi connectivity index (χ0) is 32.7. The Kier molecular flexibility index (Phi) is 38.0. The molecule has 1 N–H and O–H groups in total. The van der Waals surface area contributed by atoms with E-state index in [0.29, 0.717) is 12.8 Å². The summed E-state index contributed by atoms with van der Waals surface area (Å²) >= 11 is 0. The van der Waals surface area contributed by atoms with Gasteiger partial charge in [0.05, 0.1) is 12.8 Å². The molecule has 3 heteroatoms. The summed E-state index contributed by atoms with van der Waals surface area (Å²) in [4.78, 5) is 2.22. The molecule has 0 aromatic carbocycles.